The van der Waals surface area contributed by atoms with E-state index in [1.54, 1.807) is 16.2 Å². The molecule has 3 amide bonds. The first kappa shape index (κ1) is 29.5. The summed E-state index contributed by atoms with van der Waals surface area (Å²) in [6.07, 6.45) is 11.4. The number of unbranched alkanes of at least 4 members (excludes halogenated alkanes) is 8. The molecule has 0 aliphatic carbocycles. The first-order valence-corrected chi connectivity index (χ1v) is 14.1. The van der Waals surface area contributed by atoms with Crippen molar-refractivity contribution in [1.82, 2.24) is 19.8 Å². The number of imide groups is 1. The number of ether oxygens (including phenoxy) is 1. The number of hydrogen-bond acceptors (Lipinski definition) is 5. The number of piperidine rings is 1. The summed E-state index contributed by atoms with van der Waals surface area (Å²) in [6.45, 7) is 6.24. The maximum absolute atomic E-state index is 13.0. The Kier molecular flexibility index (Phi) is 10.6. The minimum Gasteiger partial charge on any atom is -0.444 e. The number of rotatable bonds is 13. The molecule has 0 bridgehead atoms. The van der Waals surface area contributed by atoms with Gasteiger partial charge in [0.15, 0.2) is 0 Å². The van der Waals surface area contributed by atoms with Crippen LogP contribution in [0.4, 0.5) is 4.79 Å². The van der Waals surface area contributed by atoms with E-state index < -0.39 is 17.6 Å². The van der Waals surface area contributed by atoms with Crippen molar-refractivity contribution in [3.05, 3.63) is 34.2 Å². The van der Waals surface area contributed by atoms with E-state index in [2.05, 4.69) is 16.7 Å². The molecule has 1 fully saturated rings. The molecular weight excluding hydrogens is 484 g/mol. The van der Waals surface area contributed by atoms with Crippen molar-refractivity contribution in [3.63, 3.8) is 0 Å². The van der Waals surface area contributed by atoms with Crippen LogP contribution in [0, 0.1) is 0 Å². The number of aromatic nitrogens is 2. The lowest BCUT2D eigenvalue weighted by atomic mass is 10.0. The standard InChI is InChI=1S/C29H44N4O5/c1-29(2,3)38-27(36)30-20-13-11-9-7-5-6-8-10-12-15-21-16-14-17-22-25(21)32(4)28(37)33(22)23-18-19-24(34)31-26(23)35/h14,16-17,23H,5-13,15,18-20H2,1-4H3,(H,30,36)(H,31,34,35). The molecule has 1 aromatic heterocycles. The molecule has 9 nitrogen and oxygen atoms in total. The second-order valence-electron chi connectivity index (χ2n) is 11.3. The molecule has 3 rings (SSSR count). The molecule has 210 valence electrons. The zero-order valence-corrected chi connectivity index (χ0v) is 23.4. The second-order valence-corrected chi connectivity index (χ2v) is 11.3. The first-order valence-electron chi connectivity index (χ1n) is 14.1. The highest BCUT2D eigenvalue weighted by Gasteiger charge is 2.31. The average molecular weight is 529 g/mol. The molecule has 1 aliphatic heterocycles. The maximum atomic E-state index is 13.0. The van der Waals surface area contributed by atoms with Crippen molar-refractivity contribution < 1.29 is 19.1 Å². The minimum absolute atomic E-state index is 0.220. The number of carbonyl (C=O) groups excluding carboxylic acids is 3. The SMILES string of the molecule is Cn1c(=O)n(C2CCC(=O)NC2=O)c2cccc(CCCCCCCCCCCNC(=O)OC(C)(C)C)c21. The van der Waals surface area contributed by atoms with Crippen LogP contribution >= 0.6 is 0 Å². The Bertz CT molecular complexity index is 1170. The van der Waals surface area contributed by atoms with Crippen molar-refractivity contribution in [1.29, 1.82) is 0 Å². The molecule has 1 aromatic carbocycles. The van der Waals surface area contributed by atoms with E-state index in [0.29, 0.717) is 13.0 Å². The summed E-state index contributed by atoms with van der Waals surface area (Å²) < 4.78 is 8.42. The van der Waals surface area contributed by atoms with Crippen molar-refractivity contribution >= 4 is 28.9 Å². The van der Waals surface area contributed by atoms with Gasteiger partial charge in [-0.3, -0.25) is 24.0 Å². The lowest BCUT2D eigenvalue weighted by Crippen LogP contribution is -2.44. The molecule has 38 heavy (non-hydrogen) atoms. The third kappa shape index (κ3) is 8.20. The molecule has 1 saturated heterocycles. The Morgan fingerprint density at radius 1 is 1.00 bits per heavy atom. The molecule has 0 spiro atoms. The maximum Gasteiger partial charge on any atom is 0.407 e. The van der Waals surface area contributed by atoms with Crippen molar-refractivity contribution in [2.45, 2.75) is 109 Å². The lowest BCUT2D eigenvalue weighted by molar-refractivity contribution is -0.135. The summed E-state index contributed by atoms with van der Waals surface area (Å²) in [4.78, 5) is 48.6. The van der Waals surface area contributed by atoms with Crippen molar-refractivity contribution in [2.75, 3.05) is 6.54 Å². The fourth-order valence-corrected chi connectivity index (χ4v) is 5.13. The summed E-state index contributed by atoms with van der Waals surface area (Å²) in [5, 5.41) is 5.17. The van der Waals surface area contributed by atoms with Gasteiger partial charge in [0.1, 0.15) is 11.6 Å². The van der Waals surface area contributed by atoms with Gasteiger partial charge in [0.25, 0.3) is 0 Å². The van der Waals surface area contributed by atoms with Gasteiger partial charge in [-0.25, -0.2) is 9.59 Å². The van der Waals surface area contributed by atoms with Crippen LogP contribution in [0.1, 0.15) is 103 Å². The highest BCUT2D eigenvalue weighted by molar-refractivity contribution is 6.00. The number of fused-ring (bicyclic) bond motifs is 1. The predicted molar refractivity (Wildman–Crippen MR) is 148 cm³/mol. The zero-order valence-electron chi connectivity index (χ0n) is 23.4. The van der Waals surface area contributed by atoms with E-state index in [-0.39, 0.29) is 24.1 Å². The summed E-state index contributed by atoms with van der Waals surface area (Å²) in [7, 11) is 1.75. The number of amides is 3. The number of hydrogen-bond donors (Lipinski definition) is 2. The largest absolute Gasteiger partial charge is 0.444 e. The lowest BCUT2D eigenvalue weighted by Gasteiger charge is -2.21. The van der Waals surface area contributed by atoms with Crippen LogP contribution < -0.4 is 16.3 Å². The molecular formula is C29H44N4O5. The highest BCUT2D eigenvalue weighted by atomic mass is 16.6. The van der Waals surface area contributed by atoms with Crippen LogP contribution in [-0.4, -0.2) is 39.2 Å². The van der Waals surface area contributed by atoms with Gasteiger partial charge in [-0.05, 0) is 58.1 Å². The number of carbonyl (C=O) groups is 3. The average Bonchev–Trinajstić information content (AvgIpc) is 3.09. The molecule has 2 heterocycles. The van der Waals surface area contributed by atoms with Crippen molar-refractivity contribution in [2.24, 2.45) is 7.05 Å². The van der Waals surface area contributed by atoms with Crippen LogP contribution in [0.15, 0.2) is 23.0 Å². The monoisotopic (exact) mass is 528 g/mol. The van der Waals surface area contributed by atoms with Gasteiger partial charge >= 0.3 is 11.8 Å². The van der Waals surface area contributed by atoms with E-state index in [1.807, 2.05) is 32.9 Å². The van der Waals surface area contributed by atoms with Crippen molar-refractivity contribution in [3.8, 4) is 0 Å². The third-order valence-corrected chi connectivity index (χ3v) is 7.00. The molecule has 2 aromatic rings. The van der Waals surface area contributed by atoms with E-state index >= 15 is 0 Å². The van der Waals surface area contributed by atoms with Gasteiger partial charge in [-0.15, -0.1) is 0 Å². The Morgan fingerprint density at radius 2 is 1.63 bits per heavy atom. The molecule has 0 saturated carbocycles. The van der Waals surface area contributed by atoms with Gasteiger partial charge < -0.3 is 10.1 Å². The number of benzene rings is 1. The molecule has 0 radical (unpaired) electrons. The van der Waals surface area contributed by atoms with E-state index in [9.17, 15) is 19.2 Å². The van der Waals surface area contributed by atoms with Gasteiger partial charge in [0.2, 0.25) is 11.8 Å². The summed E-state index contributed by atoms with van der Waals surface area (Å²) in [6, 6.07) is 5.24. The van der Waals surface area contributed by atoms with Crippen LogP contribution in [0.2, 0.25) is 0 Å². The number of nitrogens with zero attached hydrogens (tertiary/aromatic N) is 2. The molecule has 2 N–H and O–H groups in total. The van der Waals surface area contributed by atoms with Crippen LogP contribution in [0.3, 0.4) is 0 Å². The van der Waals surface area contributed by atoms with Crippen LogP contribution in [-0.2, 0) is 27.8 Å². The minimum atomic E-state index is -0.652. The van der Waals surface area contributed by atoms with Crippen LogP contribution in [0.5, 0.6) is 0 Å². The number of para-hydroxylation sites is 1. The number of nitrogens with one attached hydrogen (secondary N) is 2. The topological polar surface area (TPSA) is 111 Å². The second kappa shape index (κ2) is 13.6. The number of imidazole rings is 1. The van der Waals surface area contributed by atoms with Crippen LogP contribution in [0.25, 0.3) is 11.0 Å². The Labute approximate surface area is 225 Å². The fourth-order valence-electron chi connectivity index (χ4n) is 5.13. The molecule has 1 atom stereocenters. The predicted octanol–water partition coefficient (Wildman–Crippen LogP) is 4.90. The van der Waals surface area contributed by atoms with Gasteiger partial charge in [0, 0.05) is 20.0 Å². The Hall–Kier alpha value is -3.10. The van der Waals surface area contributed by atoms with Gasteiger partial charge in [-0.2, -0.15) is 0 Å². The summed E-state index contributed by atoms with van der Waals surface area (Å²) in [5.41, 5.74) is 2.07. The van der Waals surface area contributed by atoms with E-state index in [4.69, 9.17) is 4.74 Å². The highest BCUT2D eigenvalue weighted by Crippen LogP contribution is 2.26. The zero-order chi connectivity index (χ0) is 27.7. The van der Waals surface area contributed by atoms with Gasteiger partial charge in [-0.1, -0.05) is 57.1 Å². The van der Waals surface area contributed by atoms with E-state index in [1.165, 1.54) is 32.1 Å². The fraction of sp³-hybridized carbons (Fsp3) is 0.655. The first-order chi connectivity index (χ1) is 18.1. The number of aryl methyl sites for hydroxylation is 2. The summed E-state index contributed by atoms with van der Waals surface area (Å²) >= 11 is 0. The normalized spacial score (nSPS) is 16.1. The quantitative estimate of drug-likeness (QED) is 0.284. The third-order valence-electron chi connectivity index (χ3n) is 7.00. The van der Waals surface area contributed by atoms with E-state index in [0.717, 1.165) is 48.7 Å². The molecule has 1 unspecified atom stereocenters. The Morgan fingerprint density at radius 3 is 2.26 bits per heavy atom. The summed E-state index contributed by atoms with van der Waals surface area (Å²) in [5.74, 6) is -0.688. The smallest absolute Gasteiger partial charge is 0.407 e. The molecule has 9 heteroatoms. The molecule has 1 aliphatic rings. The van der Waals surface area contributed by atoms with Gasteiger partial charge in [0.05, 0.1) is 11.0 Å². The Balaban J connectivity index is 1.36. The number of alkyl carbamates (subject to hydrolysis) is 1.